The van der Waals surface area contributed by atoms with E-state index in [1.54, 1.807) is 22.3 Å². The van der Waals surface area contributed by atoms with Crippen molar-refractivity contribution in [2.24, 2.45) is 0 Å². The van der Waals surface area contributed by atoms with Crippen LogP contribution in [0.1, 0.15) is 15.9 Å². The number of carbonyl (C=O) groups is 1. The van der Waals surface area contributed by atoms with Crippen LogP contribution in [0.5, 0.6) is 0 Å². The Kier molecular flexibility index (Phi) is 7.79. The summed E-state index contributed by atoms with van der Waals surface area (Å²) in [6, 6.07) is 11.1. The van der Waals surface area contributed by atoms with Crippen molar-refractivity contribution in [1.29, 1.82) is 0 Å². The van der Waals surface area contributed by atoms with Crippen LogP contribution in [0.25, 0.3) is 38.1 Å². The average Bonchev–Trinajstić information content (AvgIpc) is 3.45. The fourth-order valence-electron chi connectivity index (χ4n) is 3.41. The van der Waals surface area contributed by atoms with E-state index in [2.05, 4.69) is 30.6 Å². The molecular formula is C22H15F2N6NaO3S. The summed E-state index contributed by atoms with van der Waals surface area (Å²) < 4.78 is 31.8. The molecule has 0 atom stereocenters. The van der Waals surface area contributed by atoms with Crippen molar-refractivity contribution in [3.63, 3.8) is 0 Å². The fraction of sp³-hybridized carbons (Fsp3) is 0.136. The minimum atomic E-state index is -1.22. The number of hydroxylamine groups is 1. The van der Waals surface area contributed by atoms with Crippen molar-refractivity contribution in [2.45, 2.75) is 6.54 Å². The molecule has 35 heavy (non-hydrogen) atoms. The quantitative estimate of drug-likeness (QED) is 0.199. The van der Waals surface area contributed by atoms with E-state index in [0.29, 0.717) is 17.7 Å². The van der Waals surface area contributed by atoms with Crippen LogP contribution < -0.4 is 29.6 Å². The number of nitrogens with zero attached hydrogens (tertiary/aromatic N) is 6. The molecule has 5 aromatic rings. The number of pyridine rings is 1. The van der Waals surface area contributed by atoms with Gasteiger partial charge in [-0.15, -0.1) is 16.4 Å². The number of amides is 1. The number of aliphatic hydroxyl groups is 1. The van der Waals surface area contributed by atoms with Gasteiger partial charge in [0.25, 0.3) is 0 Å². The Morgan fingerprint density at radius 3 is 2.66 bits per heavy atom. The van der Waals surface area contributed by atoms with Crippen molar-refractivity contribution in [3.05, 3.63) is 76.2 Å². The SMILES string of the molecule is O=C([N-]OCCO)c1c(F)cc(-c2ccc3nnn(Cc4ccc5ncsc5c4)c3n2)cc1F.[Na+]. The predicted octanol–water partition coefficient (Wildman–Crippen LogP) is 0.871. The Bertz CT molecular complexity index is 1500. The predicted molar refractivity (Wildman–Crippen MR) is 120 cm³/mol. The second-order valence-corrected chi connectivity index (χ2v) is 8.10. The monoisotopic (exact) mass is 504 g/mol. The maximum atomic E-state index is 14.6. The summed E-state index contributed by atoms with van der Waals surface area (Å²) in [5.74, 6) is -3.44. The van der Waals surface area contributed by atoms with Gasteiger partial charge in [0.1, 0.15) is 23.1 Å². The summed E-state index contributed by atoms with van der Waals surface area (Å²) >= 11 is 1.54. The summed E-state index contributed by atoms with van der Waals surface area (Å²) in [5, 5.41) is 16.9. The fourth-order valence-corrected chi connectivity index (χ4v) is 4.15. The van der Waals surface area contributed by atoms with Gasteiger partial charge in [0, 0.05) is 5.56 Å². The normalized spacial score (nSPS) is 11.1. The second-order valence-electron chi connectivity index (χ2n) is 7.21. The Labute approximate surface area is 223 Å². The van der Waals surface area contributed by atoms with Crippen molar-refractivity contribution in [1.82, 2.24) is 25.0 Å². The minimum absolute atomic E-state index is 0. The van der Waals surface area contributed by atoms with E-state index in [9.17, 15) is 13.6 Å². The molecule has 1 N–H and O–H groups in total. The summed E-state index contributed by atoms with van der Waals surface area (Å²) in [6.45, 7) is -0.261. The third-order valence-electron chi connectivity index (χ3n) is 4.97. The van der Waals surface area contributed by atoms with Gasteiger partial charge in [0.15, 0.2) is 5.65 Å². The van der Waals surface area contributed by atoms with Gasteiger partial charge in [-0.05, 0) is 42.0 Å². The summed E-state index contributed by atoms with van der Waals surface area (Å²) in [4.78, 5) is 25.2. The average molecular weight is 504 g/mol. The summed E-state index contributed by atoms with van der Waals surface area (Å²) in [5.41, 5.74) is 7.27. The molecule has 0 aliphatic carbocycles. The van der Waals surface area contributed by atoms with Crippen molar-refractivity contribution >= 4 is 38.6 Å². The molecule has 13 heteroatoms. The number of hydrogen-bond acceptors (Lipinski definition) is 8. The molecule has 172 valence electrons. The van der Waals surface area contributed by atoms with Crippen LogP contribution in [-0.2, 0) is 11.4 Å². The van der Waals surface area contributed by atoms with E-state index in [4.69, 9.17) is 5.11 Å². The molecule has 0 unspecified atom stereocenters. The third kappa shape index (κ3) is 5.22. The third-order valence-corrected chi connectivity index (χ3v) is 5.76. The molecule has 2 aromatic carbocycles. The summed E-state index contributed by atoms with van der Waals surface area (Å²) in [7, 11) is 0. The number of hydrogen-bond donors (Lipinski definition) is 1. The first-order valence-corrected chi connectivity index (χ1v) is 10.9. The van der Waals surface area contributed by atoms with E-state index in [0.717, 1.165) is 27.9 Å². The number of aliphatic hydroxyl groups excluding tert-OH is 1. The van der Waals surface area contributed by atoms with Gasteiger partial charge in [0.2, 0.25) is 0 Å². The molecule has 0 saturated carbocycles. The number of thiazole rings is 1. The second kappa shape index (κ2) is 10.8. The van der Waals surface area contributed by atoms with Crippen LogP contribution in [0.4, 0.5) is 8.78 Å². The van der Waals surface area contributed by atoms with E-state index in [1.807, 2.05) is 18.2 Å². The zero-order valence-electron chi connectivity index (χ0n) is 18.4. The minimum Gasteiger partial charge on any atom is -0.526 e. The Hall–Kier alpha value is -2.87. The maximum absolute atomic E-state index is 14.6. The van der Waals surface area contributed by atoms with Gasteiger partial charge in [0.05, 0.1) is 46.7 Å². The topological polar surface area (TPSA) is 117 Å². The van der Waals surface area contributed by atoms with Crippen LogP contribution in [0.15, 0.2) is 48.0 Å². The zero-order valence-corrected chi connectivity index (χ0v) is 21.2. The largest absolute Gasteiger partial charge is 1.00 e. The smallest absolute Gasteiger partial charge is 0.526 e. The number of halogens is 2. The molecule has 9 nitrogen and oxygen atoms in total. The van der Waals surface area contributed by atoms with Gasteiger partial charge in [-0.3, -0.25) is 0 Å². The van der Waals surface area contributed by atoms with E-state index >= 15 is 0 Å². The van der Waals surface area contributed by atoms with Gasteiger partial charge in [-0.1, -0.05) is 11.3 Å². The Morgan fingerprint density at radius 2 is 1.89 bits per heavy atom. The van der Waals surface area contributed by atoms with Gasteiger partial charge < -0.3 is 20.2 Å². The zero-order chi connectivity index (χ0) is 23.7. The molecule has 0 fully saturated rings. The number of benzene rings is 2. The van der Waals surface area contributed by atoms with Crippen LogP contribution >= 0.6 is 11.3 Å². The molecule has 0 radical (unpaired) electrons. The van der Waals surface area contributed by atoms with Crippen molar-refractivity contribution in [2.75, 3.05) is 13.2 Å². The van der Waals surface area contributed by atoms with Crippen LogP contribution in [0, 0.1) is 11.6 Å². The first-order chi connectivity index (χ1) is 16.5. The van der Waals surface area contributed by atoms with Gasteiger partial charge in [-0.25, -0.2) is 23.4 Å². The van der Waals surface area contributed by atoms with E-state index in [1.165, 1.54) is 11.3 Å². The summed E-state index contributed by atoms with van der Waals surface area (Å²) in [6.07, 6.45) is 0. The van der Waals surface area contributed by atoms with Crippen molar-refractivity contribution < 1.29 is 53.1 Å². The maximum Gasteiger partial charge on any atom is 1.00 e. The Morgan fingerprint density at radius 1 is 1.11 bits per heavy atom. The van der Waals surface area contributed by atoms with E-state index < -0.39 is 23.1 Å². The molecule has 0 aliphatic rings. The number of carbonyl (C=O) groups excluding carboxylic acids is 1. The molecule has 3 heterocycles. The number of rotatable bonds is 7. The molecule has 0 saturated heterocycles. The van der Waals surface area contributed by atoms with Gasteiger partial charge in [-0.2, -0.15) is 0 Å². The van der Waals surface area contributed by atoms with Crippen LogP contribution in [-0.4, -0.2) is 49.2 Å². The molecule has 5 rings (SSSR count). The van der Waals surface area contributed by atoms with Crippen molar-refractivity contribution in [3.8, 4) is 11.3 Å². The molecule has 0 bridgehead atoms. The number of fused-ring (bicyclic) bond motifs is 2. The molecular weight excluding hydrogens is 489 g/mol. The van der Waals surface area contributed by atoms with E-state index in [-0.39, 0.29) is 54.0 Å². The standard InChI is InChI=1S/C22H16F2N6O3S.Na/c23-14-8-13(9-15(24)20(14)22(32)28-33-6-5-31)16-3-4-18-21(26-16)30(29-27-18)10-12-1-2-17-19(7-12)34-11-25-17;/h1-4,7-9,11,31H,5-6,10H2,(H,28,32);/q;+1/p-1. The molecule has 0 spiro atoms. The molecule has 1 amide bonds. The molecule has 0 aliphatic heterocycles. The van der Waals surface area contributed by atoms with Crippen LogP contribution in [0.3, 0.4) is 0 Å². The number of aromatic nitrogens is 5. The van der Waals surface area contributed by atoms with Crippen LogP contribution in [0.2, 0.25) is 0 Å². The van der Waals surface area contributed by atoms with Gasteiger partial charge >= 0.3 is 29.6 Å². The first kappa shape index (κ1) is 25.2. The Balaban J connectivity index is 0.00000289. The first-order valence-electron chi connectivity index (χ1n) is 10.0. The molecule has 3 aromatic heterocycles.